The Labute approximate surface area is 126 Å². The molecule has 1 aromatic carbocycles. The van der Waals surface area contributed by atoms with Crippen molar-refractivity contribution >= 4 is 5.97 Å². The Bertz CT molecular complexity index is 427. The highest BCUT2D eigenvalue weighted by molar-refractivity contribution is 5.69. The fourth-order valence-electron chi connectivity index (χ4n) is 3.05. The van der Waals surface area contributed by atoms with Crippen molar-refractivity contribution in [3.05, 3.63) is 35.9 Å². The standard InChI is InChI=1S/C17H25NO3/c1-21-12-16(14-5-3-2-4-6-14)18-11-13-7-9-15(10-8-13)17(19)20/h2-6,13,15-16,18H,7-12H2,1H3,(H,19,20). The minimum absolute atomic E-state index is 0.134. The topological polar surface area (TPSA) is 58.6 Å². The molecule has 0 heterocycles. The number of benzene rings is 1. The molecule has 0 radical (unpaired) electrons. The minimum atomic E-state index is -0.636. The van der Waals surface area contributed by atoms with Gasteiger partial charge in [-0.05, 0) is 43.7 Å². The van der Waals surface area contributed by atoms with E-state index in [1.165, 1.54) is 5.56 Å². The highest BCUT2D eigenvalue weighted by Crippen LogP contribution is 2.29. The molecule has 2 rings (SSSR count). The predicted octanol–water partition coefficient (Wildman–Crippen LogP) is 2.85. The summed E-state index contributed by atoms with van der Waals surface area (Å²) < 4.78 is 5.31. The molecular weight excluding hydrogens is 266 g/mol. The van der Waals surface area contributed by atoms with Crippen LogP contribution >= 0.6 is 0 Å². The lowest BCUT2D eigenvalue weighted by Crippen LogP contribution is -2.32. The van der Waals surface area contributed by atoms with E-state index in [-0.39, 0.29) is 12.0 Å². The van der Waals surface area contributed by atoms with Crippen LogP contribution in [0, 0.1) is 11.8 Å². The first-order valence-electron chi connectivity index (χ1n) is 7.70. The van der Waals surface area contributed by atoms with Crippen LogP contribution in [0.2, 0.25) is 0 Å². The molecule has 1 saturated carbocycles. The van der Waals surface area contributed by atoms with Gasteiger partial charge in [-0.15, -0.1) is 0 Å². The van der Waals surface area contributed by atoms with Gasteiger partial charge in [0.1, 0.15) is 0 Å². The third kappa shape index (κ3) is 4.83. The molecule has 0 aliphatic heterocycles. The summed E-state index contributed by atoms with van der Waals surface area (Å²) in [5.41, 5.74) is 1.23. The number of methoxy groups -OCH3 is 1. The molecule has 1 aliphatic rings. The molecule has 4 nitrogen and oxygen atoms in total. The maximum Gasteiger partial charge on any atom is 0.306 e. The molecule has 0 aromatic heterocycles. The van der Waals surface area contributed by atoms with E-state index in [1.54, 1.807) is 7.11 Å². The Morgan fingerprint density at radius 2 is 1.95 bits per heavy atom. The molecular formula is C17H25NO3. The maximum absolute atomic E-state index is 11.0. The Morgan fingerprint density at radius 1 is 1.29 bits per heavy atom. The van der Waals surface area contributed by atoms with Crippen LogP contribution in [0.3, 0.4) is 0 Å². The first-order valence-corrected chi connectivity index (χ1v) is 7.70. The van der Waals surface area contributed by atoms with Gasteiger partial charge in [-0.3, -0.25) is 4.79 Å². The van der Waals surface area contributed by atoms with Crippen LogP contribution in [0.25, 0.3) is 0 Å². The average Bonchev–Trinajstić information content (AvgIpc) is 2.52. The Kier molecular flexibility index (Phi) is 6.21. The molecule has 116 valence electrons. The quantitative estimate of drug-likeness (QED) is 0.811. The van der Waals surface area contributed by atoms with Gasteiger partial charge < -0.3 is 15.2 Å². The molecule has 1 fully saturated rings. The normalized spacial score (nSPS) is 23.7. The first-order chi connectivity index (χ1) is 10.2. The van der Waals surface area contributed by atoms with E-state index in [2.05, 4.69) is 17.4 Å². The number of rotatable bonds is 7. The number of aliphatic carboxylic acids is 1. The van der Waals surface area contributed by atoms with Crippen molar-refractivity contribution in [2.45, 2.75) is 31.7 Å². The van der Waals surface area contributed by atoms with Crippen molar-refractivity contribution in [1.82, 2.24) is 5.32 Å². The number of carboxylic acids is 1. The lowest BCUT2D eigenvalue weighted by Gasteiger charge is -2.28. The Hall–Kier alpha value is -1.39. The second kappa shape index (κ2) is 8.15. The largest absolute Gasteiger partial charge is 0.481 e. The maximum atomic E-state index is 11.0. The van der Waals surface area contributed by atoms with E-state index < -0.39 is 5.97 Å². The second-order valence-corrected chi connectivity index (χ2v) is 5.88. The fraction of sp³-hybridized carbons (Fsp3) is 0.588. The summed E-state index contributed by atoms with van der Waals surface area (Å²) in [5, 5.41) is 12.6. The van der Waals surface area contributed by atoms with Crippen LogP contribution in [0.1, 0.15) is 37.3 Å². The number of carbonyl (C=O) groups is 1. The van der Waals surface area contributed by atoms with Crippen LogP contribution < -0.4 is 5.32 Å². The lowest BCUT2D eigenvalue weighted by molar-refractivity contribution is -0.143. The van der Waals surface area contributed by atoms with E-state index in [9.17, 15) is 4.79 Å². The number of hydrogen-bond donors (Lipinski definition) is 2. The minimum Gasteiger partial charge on any atom is -0.481 e. The molecule has 1 unspecified atom stereocenters. The second-order valence-electron chi connectivity index (χ2n) is 5.88. The van der Waals surface area contributed by atoms with E-state index in [0.29, 0.717) is 12.5 Å². The third-order valence-electron chi connectivity index (χ3n) is 4.38. The predicted molar refractivity (Wildman–Crippen MR) is 82.1 cm³/mol. The smallest absolute Gasteiger partial charge is 0.306 e. The van der Waals surface area contributed by atoms with Crippen molar-refractivity contribution < 1.29 is 14.6 Å². The number of ether oxygens (including phenoxy) is 1. The van der Waals surface area contributed by atoms with Crippen LogP contribution in [-0.4, -0.2) is 31.3 Å². The molecule has 1 atom stereocenters. The monoisotopic (exact) mass is 291 g/mol. The van der Waals surface area contributed by atoms with Gasteiger partial charge >= 0.3 is 5.97 Å². The van der Waals surface area contributed by atoms with Gasteiger partial charge in [-0.2, -0.15) is 0 Å². The molecule has 1 aromatic rings. The average molecular weight is 291 g/mol. The number of carboxylic acid groups (broad SMARTS) is 1. The van der Waals surface area contributed by atoms with Gasteiger partial charge in [0, 0.05) is 7.11 Å². The molecule has 4 heteroatoms. The van der Waals surface area contributed by atoms with Gasteiger partial charge in [0.15, 0.2) is 0 Å². The van der Waals surface area contributed by atoms with Crippen molar-refractivity contribution in [3.63, 3.8) is 0 Å². The van der Waals surface area contributed by atoms with Gasteiger partial charge in [0.25, 0.3) is 0 Å². The highest BCUT2D eigenvalue weighted by atomic mass is 16.5. The van der Waals surface area contributed by atoms with Gasteiger partial charge in [0.2, 0.25) is 0 Å². The third-order valence-corrected chi connectivity index (χ3v) is 4.38. The van der Waals surface area contributed by atoms with Gasteiger partial charge in [-0.1, -0.05) is 30.3 Å². The fourth-order valence-corrected chi connectivity index (χ4v) is 3.05. The van der Waals surface area contributed by atoms with Crippen molar-refractivity contribution in [2.24, 2.45) is 11.8 Å². The summed E-state index contributed by atoms with van der Waals surface area (Å²) in [6.45, 7) is 1.57. The Morgan fingerprint density at radius 3 is 2.52 bits per heavy atom. The zero-order chi connectivity index (χ0) is 15.1. The van der Waals surface area contributed by atoms with Crippen LogP contribution in [0.15, 0.2) is 30.3 Å². The molecule has 0 bridgehead atoms. The van der Waals surface area contributed by atoms with Crippen molar-refractivity contribution in [3.8, 4) is 0 Å². The highest BCUT2D eigenvalue weighted by Gasteiger charge is 2.26. The number of hydrogen-bond acceptors (Lipinski definition) is 3. The molecule has 0 spiro atoms. The van der Waals surface area contributed by atoms with Gasteiger partial charge in [0.05, 0.1) is 18.6 Å². The summed E-state index contributed by atoms with van der Waals surface area (Å²) in [6.07, 6.45) is 3.61. The molecule has 1 aliphatic carbocycles. The molecule has 21 heavy (non-hydrogen) atoms. The summed E-state index contributed by atoms with van der Waals surface area (Å²) >= 11 is 0. The van der Waals surface area contributed by atoms with E-state index in [0.717, 1.165) is 32.2 Å². The summed E-state index contributed by atoms with van der Waals surface area (Å²) in [6, 6.07) is 10.5. The Balaban J connectivity index is 1.82. The van der Waals surface area contributed by atoms with Crippen LogP contribution in [0.4, 0.5) is 0 Å². The summed E-state index contributed by atoms with van der Waals surface area (Å²) in [7, 11) is 1.72. The van der Waals surface area contributed by atoms with E-state index in [4.69, 9.17) is 9.84 Å². The zero-order valence-corrected chi connectivity index (χ0v) is 12.6. The van der Waals surface area contributed by atoms with Crippen molar-refractivity contribution in [2.75, 3.05) is 20.3 Å². The first kappa shape index (κ1) is 16.0. The summed E-state index contributed by atoms with van der Waals surface area (Å²) in [5.74, 6) is -0.197. The molecule has 2 N–H and O–H groups in total. The lowest BCUT2D eigenvalue weighted by atomic mass is 9.82. The summed E-state index contributed by atoms with van der Waals surface area (Å²) in [4.78, 5) is 11.0. The van der Waals surface area contributed by atoms with Crippen molar-refractivity contribution in [1.29, 1.82) is 0 Å². The SMILES string of the molecule is COCC(NCC1CCC(C(=O)O)CC1)c1ccccc1. The number of nitrogens with one attached hydrogen (secondary N) is 1. The van der Waals surface area contributed by atoms with E-state index >= 15 is 0 Å². The van der Waals surface area contributed by atoms with Gasteiger partial charge in [-0.25, -0.2) is 0 Å². The zero-order valence-electron chi connectivity index (χ0n) is 12.6. The molecule has 0 amide bonds. The van der Waals surface area contributed by atoms with Crippen LogP contribution in [-0.2, 0) is 9.53 Å². The molecule has 0 saturated heterocycles. The van der Waals surface area contributed by atoms with E-state index in [1.807, 2.05) is 18.2 Å². The van der Waals surface area contributed by atoms with Crippen LogP contribution in [0.5, 0.6) is 0 Å².